The quantitative estimate of drug-likeness (QED) is 0.193. The van der Waals surface area contributed by atoms with Crippen molar-refractivity contribution in [3.8, 4) is 11.3 Å². The molecule has 0 atom stereocenters. The zero-order chi connectivity index (χ0) is 23.8. The molecular weight excluding hydrogens is 438 g/mol. The topological polar surface area (TPSA) is 102 Å². The van der Waals surface area contributed by atoms with Gasteiger partial charge in [-0.05, 0) is 49.6 Å². The number of nitrogens with one attached hydrogen (secondary N) is 1. The van der Waals surface area contributed by atoms with Crippen LogP contribution in [0.25, 0.3) is 27.7 Å². The maximum atomic E-state index is 9.44. The highest BCUT2D eigenvalue weighted by molar-refractivity contribution is 7.85. The van der Waals surface area contributed by atoms with Crippen molar-refractivity contribution >= 4 is 32.4 Å². The Morgan fingerprint density at radius 3 is 2.36 bits per heavy atom. The molecule has 0 bridgehead atoms. The molecule has 2 heterocycles. The molecule has 0 aliphatic carbocycles. The van der Waals surface area contributed by atoms with Crippen LogP contribution in [0.1, 0.15) is 13.3 Å². The lowest BCUT2D eigenvalue weighted by atomic mass is 10.1. The molecule has 0 unspecified atom stereocenters. The summed E-state index contributed by atoms with van der Waals surface area (Å²) in [7, 11) is 0.271. The summed E-state index contributed by atoms with van der Waals surface area (Å²) in [6, 6.07) is 20.6. The Kier molecular flexibility index (Phi) is 8.26. The van der Waals surface area contributed by atoms with Gasteiger partial charge in [-0.1, -0.05) is 60.6 Å². The molecule has 0 saturated heterocycles. The molecule has 0 saturated carbocycles. The first kappa shape index (κ1) is 24.5. The minimum absolute atomic E-state index is 0.312. The first-order valence-electron chi connectivity index (χ1n) is 10.8. The first-order valence-corrected chi connectivity index (χ1v) is 12.4. The van der Waals surface area contributed by atoms with Crippen LogP contribution >= 0.6 is 0 Å². The van der Waals surface area contributed by atoms with Gasteiger partial charge in [-0.15, -0.1) is 4.52 Å². The summed E-state index contributed by atoms with van der Waals surface area (Å²) >= 11 is 0. The van der Waals surface area contributed by atoms with Crippen molar-refractivity contribution in [2.24, 2.45) is 0 Å². The summed E-state index contributed by atoms with van der Waals surface area (Å²) < 4.78 is 30.2. The van der Waals surface area contributed by atoms with Gasteiger partial charge in [0.1, 0.15) is 6.20 Å². The average molecular weight is 468 g/mol. The van der Waals surface area contributed by atoms with Crippen LogP contribution in [0, 0.1) is 0 Å². The highest BCUT2D eigenvalue weighted by Crippen LogP contribution is 2.24. The molecule has 4 rings (SSSR count). The van der Waals surface area contributed by atoms with Gasteiger partial charge in [-0.25, -0.2) is 8.42 Å². The van der Waals surface area contributed by atoms with E-state index in [2.05, 4.69) is 54.6 Å². The van der Waals surface area contributed by atoms with E-state index in [0.29, 0.717) is 0 Å². The third-order valence-corrected chi connectivity index (χ3v) is 5.65. The minimum Gasteiger partial charge on any atom is -0.748 e. The Bertz CT molecular complexity index is 1310. The molecule has 9 heteroatoms. The number of fused-ring (bicyclic) bond motifs is 3. The van der Waals surface area contributed by atoms with Crippen LogP contribution in [0.2, 0.25) is 0 Å². The zero-order valence-corrected chi connectivity index (χ0v) is 19.9. The fourth-order valence-electron chi connectivity index (χ4n) is 3.21. The maximum absolute atomic E-state index is 9.44. The van der Waals surface area contributed by atoms with Gasteiger partial charge in [0, 0.05) is 17.9 Å². The molecule has 2 aromatic carbocycles. The van der Waals surface area contributed by atoms with Crippen molar-refractivity contribution in [1.82, 2.24) is 15.0 Å². The third kappa shape index (κ3) is 6.92. The van der Waals surface area contributed by atoms with E-state index in [9.17, 15) is 13.0 Å². The molecule has 8 nitrogen and oxygen atoms in total. The number of rotatable bonds is 7. The Morgan fingerprint density at radius 2 is 1.70 bits per heavy atom. The zero-order valence-electron chi connectivity index (χ0n) is 19.1. The fraction of sp³-hybridized carbons (Fsp3) is 0.292. The molecular formula is C24H29N5O3S. The molecule has 0 amide bonds. The highest BCUT2D eigenvalue weighted by atomic mass is 32.2. The van der Waals surface area contributed by atoms with Crippen molar-refractivity contribution in [2.75, 3.05) is 38.3 Å². The van der Waals surface area contributed by atoms with Crippen LogP contribution in [0.3, 0.4) is 0 Å². The Morgan fingerprint density at radius 1 is 1.03 bits per heavy atom. The molecule has 4 aromatic rings. The number of aromatic nitrogens is 3. The van der Waals surface area contributed by atoms with Crippen molar-refractivity contribution in [2.45, 2.75) is 13.3 Å². The summed E-state index contributed by atoms with van der Waals surface area (Å²) in [5.74, 6) is 0.517. The van der Waals surface area contributed by atoms with E-state index >= 15 is 0 Å². The van der Waals surface area contributed by atoms with E-state index in [4.69, 9.17) is 10.1 Å². The number of nitrogens with zero attached hydrogens (tertiary/aromatic N) is 4. The van der Waals surface area contributed by atoms with Gasteiger partial charge in [0.25, 0.3) is 5.82 Å². The number of hydrogen-bond acceptors (Lipinski definition) is 7. The van der Waals surface area contributed by atoms with Crippen LogP contribution in [0.4, 0.5) is 5.82 Å². The van der Waals surface area contributed by atoms with Gasteiger partial charge in [-0.3, -0.25) is 0 Å². The van der Waals surface area contributed by atoms with Crippen LogP contribution in [-0.2, 0) is 10.1 Å². The van der Waals surface area contributed by atoms with Gasteiger partial charge in [0.2, 0.25) is 0 Å². The van der Waals surface area contributed by atoms with Gasteiger partial charge < -0.3 is 14.8 Å². The second kappa shape index (κ2) is 11.1. The summed E-state index contributed by atoms with van der Waals surface area (Å²) in [5.41, 5.74) is 2.79. The monoisotopic (exact) mass is 467 g/mol. The van der Waals surface area contributed by atoms with Gasteiger partial charge in [0.15, 0.2) is 5.69 Å². The van der Waals surface area contributed by atoms with Crippen LogP contribution in [-0.4, -0.2) is 60.9 Å². The number of hydrogen-bond donors (Lipinski definition) is 1. The average Bonchev–Trinajstić information content (AvgIpc) is 2.81. The molecule has 174 valence electrons. The molecule has 0 aliphatic rings. The predicted molar refractivity (Wildman–Crippen MR) is 130 cm³/mol. The lowest BCUT2D eigenvalue weighted by Crippen LogP contribution is -2.29. The standard InChI is InChI=1S/C22H23N5.C2H6O3S/c1-26(2)15-8-14-23-21-20(18-10-4-3-5-11-18)25-27-16-13-17-9-6-7-12-19(17)22(27)24-21;1-2-6(3,4)5/h3-7,9-13,16H,8,14-15H2,1-2H3;2H2,1H3,(H,3,4,5). The van der Waals surface area contributed by atoms with E-state index in [-0.39, 0.29) is 5.75 Å². The molecule has 1 N–H and O–H groups in total. The van der Waals surface area contributed by atoms with E-state index in [1.807, 2.05) is 41.0 Å². The summed E-state index contributed by atoms with van der Waals surface area (Å²) in [6.07, 6.45) is 3.02. The molecule has 0 fully saturated rings. The minimum atomic E-state index is -3.91. The van der Waals surface area contributed by atoms with Gasteiger partial charge in [-0.2, -0.15) is 0 Å². The van der Waals surface area contributed by atoms with E-state index in [1.165, 1.54) is 6.92 Å². The Labute approximate surface area is 194 Å². The summed E-state index contributed by atoms with van der Waals surface area (Å²) in [4.78, 5) is 7.16. The van der Waals surface area contributed by atoms with Crippen LogP contribution in [0.15, 0.2) is 66.9 Å². The molecule has 33 heavy (non-hydrogen) atoms. The van der Waals surface area contributed by atoms with Gasteiger partial charge in [0.05, 0.1) is 15.5 Å². The smallest absolute Gasteiger partial charge is 0.358 e. The summed E-state index contributed by atoms with van der Waals surface area (Å²) in [5, 5.41) is 10.7. The maximum Gasteiger partial charge on any atom is 0.358 e. The summed E-state index contributed by atoms with van der Waals surface area (Å²) in [6.45, 7) is 3.20. The van der Waals surface area contributed by atoms with Crippen molar-refractivity contribution < 1.29 is 17.5 Å². The van der Waals surface area contributed by atoms with Crippen LogP contribution < -0.4 is 9.83 Å². The fourth-order valence-corrected chi connectivity index (χ4v) is 3.21. The van der Waals surface area contributed by atoms with Gasteiger partial charge >= 0.3 is 5.65 Å². The third-order valence-electron chi connectivity index (χ3n) is 4.94. The molecule has 0 spiro atoms. The van der Waals surface area contributed by atoms with Crippen molar-refractivity contribution in [1.29, 1.82) is 0 Å². The Hall–Kier alpha value is -3.14. The molecule has 2 aromatic heterocycles. The first-order chi connectivity index (χ1) is 15.8. The second-order valence-electron chi connectivity index (χ2n) is 7.78. The normalized spacial score (nSPS) is 11.4. The molecule has 0 radical (unpaired) electrons. The predicted octanol–water partition coefficient (Wildman–Crippen LogP) is 2.95. The van der Waals surface area contributed by atoms with Crippen molar-refractivity contribution in [3.05, 3.63) is 66.9 Å². The SMILES string of the molecule is CCS(=O)(=O)[O-].CN(C)CCCNc1nc2c3ccccc3cc[n+]2nc1-c1ccccc1. The van der Waals surface area contributed by atoms with Crippen LogP contribution in [0.5, 0.6) is 0 Å². The highest BCUT2D eigenvalue weighted by Gasteiger charge is 2.20. The lowest BCUT2D eigenvalue weighted by Gasteiger charge is -2.10. The number of pyridine rings is 1. The largest absolute Gasteiger partial charge is 0.748 e. The molecule has 0 aliphatic heterocycles. The van der Waals surface area contributed by atoms with Crippen molar-refractivity contribution in [3.63, 3.8) is 0 Å². The number of benzene rings is 2. The van der Waals surface area contributed by atoms with E-state index in [0.717, 1.165) is 53.0 Å². The van der Waals surface area contributed by atoms with E-state index in [1.54, 1.807) is 0 Å². The second-order valence-corrected chi connectivity index (χ2v) is 9.47. The Balaban J connectivity index is 0.000000454. The number of anilines is 1. The van der Waals surface area contributed by atoms with E-state index < -0.39 is 10.1 Å². The lowest BCUT2D eigenvalue weighted by molar-refractivity contribution is -0.580.